The Morgan fingerprint density at radius 1 is 1.00 bits per heavy atom. The Morgan fingerprint density at radius 3 is 2.66 bits per heavy atom. The van der Waals surface area contributed by atoms with Crippen LogP contribution < -0.4 is 4.90 Å². The van der Waals surface area contributed by atoms with Crippen LogP contribution in [0.2, 0.25) is 0 Å². The SMILES string of the molecule is Fc1cccc(-c2noc(C3CCCN(c4nc(C(F)(F)F)nc5ccccc45)C3)n2)c1. The minimum atomic E-state index is -4.65. The van der Waals surface area contributed by atoms with Crippen molar-refractivity contribution in [2.45, 2.75) is 24.9 Å². The second kappa shape index (κ2) is 7.85. The first-order chi connectivity index (χ1) is 15.4. The largest absolute Gasteiger partial charge is 0.451 e. The fourth-order valence-electron chi connectivity index (χ4n) is 3.94. The molecule has 3 heterocycles. The molecule has 0 spiro atoms. The number of alkyl halides is 3. The average molecular weight is 443 g/mol. The zero-order chi connectivity index (χ0) is 22.3. The van der Waals surface area contributed by atoms with Crippen LogP contribution in [0.25, 0.3) is 22.3 Å². The molecule has 0 bridgehead atoms. The molecule has 1 atom stereocenters. The van der Waals surface area contributed by atoms with Gasteiger partial charge in [0.1, 0.15) is 11.6 Å². The zero-order valence-corrected chi connectivity index (χ0v) is 16.7. The van der Waals surface area contributed by atoms with Crippen molar-refractivity contribution in [3.63, 3.8) is 0 Å². The molecule has 1 aliphatic heterocycles. The summed E-state index contributed by atoms with van der Waals surface area (Å²) in [7, 11) is 0. The molecule has 32 heavy (non-hydrogen) atoms. The molecule has 0 radical (unpaired) electrons. The van der Waals surface area contributed by atoms with E-state index in [4.69, 9.17) is 4.52 Å². The Hall–Kier alpha value is -3.56. The molecular weight excluding hydrogens is 426 g/mol. The summed E-state index contributed by atoms with van der Waals surface area (Å²) in [6, 6.07) is 12.5. The fraction of sp³-hybridized carbons (Fsp3) is 0.273. The summed E-state index contributed by atoms with van der Waals surface area (Å²) < 4.78 is 59.1. The van der Waals surface area contributed by atoms with Gasteiger partial charge < -0.3 is 9.42 Å². The number of hydrogen-bond donors (Lipinski definition) is 0. The molecule has 1 unspecified atom stereocenters. The first kappa shape index (κ1) is 20.3. The highest BCUT2D eigenvalue weighted by Crippen LogP contribution is 2.35. The van der Waals surface area contributed by atoms with E-state index in [1.54, 1.807) is 41.3 Å². The predicted octanol–water partition coefficient (Wildman–Crippen LogP) is 5.22. The van der Waals surface area contributed by atoms with Crippen molar-refractivity contribution >= 4 is 16.7 Å². The van der Waals surface area contributed by atoms with E-state index in [2.05, 4.69) is 20.1 Å². The molecule has 164 valence electrons. The van der Waals surface area contributed by atoms with Gasteiger partial charge >= 0.3 is 6.18 Å². The number of rotatable bonds is 3. The highest BCUT2D eigenvalue weighted by Gasteiger charge is 2.37. The maximum absolute atomic E-state index is 13.5. The third kappa shape index (κ3) is 3.88. The number of nitrogens with zero attached hydrogens (tertiary/aromatic N) is 5. The quantitative estimate of drug-likeness (QED) is 0.405. The molecular formula is C22H17F4N5O. The summed E-state index contributed by atoms with van der Waals surface area (Å²) in [6.45, 7) is 0.906. The molecule has 1 aliphatic rings. The molecule has 1 saturated heterocycles. The Bertz CT molecular complexity index is 1270. The third-order valence-electron chi connectivity index (χ3n) is 5.43. The molecule has 6 nitrogen and oxygen atoms in total. The van der Waals surface area contributed by atoms with Crippen LogP contribution in [0.3, 0.4) is 0 Å². The van der Waals surface area contributed by atoms with Crippen LogP contribution in [0.4, 0.5) is 23.4 Å². The molecule has 4 aromatic rings. The Morgan fingerprint density at radius 2 is 1.84 bits per heavy atom. The topological polar surface area (TPSA) is 67.9 Å². The van der Waals surface area contributed by atoms with Gasteiger partial charge in [0.2, 0.25) is 17.5 Å². The number of para-hydroxylation sites is 1. The molecule has 5 rings (SSSR count). The van der Waals surface area contributed by atoms with Gasteiger partial charge in [0.15, 0.2) is 0 Å². The van der Waals surface area contributed by atoms with Crippen molar-refractivity contribution in [2.75, 3.05) is 18.0 Å². The maximum Gasteiger partial charge on any atom is 0.451 e. The van der Waals surface area contributed by atoms with Gasteiger partial charge in [-0.2, -0.15) is 18.2 Å². The maximum atomic E-state index is 13.5. The number of piperidine rings is 1. The lowest BCUT2D eigenvalue weighted by Gasteiger charge is -2.32. The highest BCUT2D eigenvalue weighted by molar-refractivity contribution is 5.89. The molecule has 10 heteroatoms. The van der Waals surface area contributed by atoms with Crippen molar-refractivity contribution in [3.05, 3.63) is 66.1 Å². The van der Waals surface area contributed by atoms with Crippen LogP contribution in [0, 0.1) is 5.82 Å². The van der Waals surface area contributed by atoms with E-state index in [1.807, 2.05) is 0 Å². The number of anilines is 1. The van der Waals surface area contributed by atoms with Crippen LogP contribution in [0.1, 0.15) is 30.5 Å². The zero-order valence-electron chi connectivity index (χ0n) is 16.7. The molecule has 0 N–H and O–H groups in total. The Labute approximate surface area is 179 Å². The van der Waals surface area contributed by atoms with Gasteiger partial charge in [-0.15, -0.1) is 0 Å². The van der Waals surface area contributed by atoms with Crippen LogP contribution in [-0.2, 0) is 6.18 Å². The predicted molar refractivity (Wildman–Crippen MR) is 108 cm³/mol. The van der Waals surface area contributed by atoms with Gasteiger partial charge in [-0.05, 0) is 37.1 Å². The van der Waals surface area contributed by atoms with Crippen LogP contribution in [-0.4, -0.2) is 33.2 Å². The molecule has 2 aromatic carbocycles. The molecule has 1 fully saturated rings. The van der Waals surface area contributed by atoms with E-state index in [0.717, 1.165) is 6.42 Å². The second-order valence-corrected chi connectivity index (χ2v) is 7.64. The van der Waals surface area contributed by atoms with E-state index < -0.39 is 17.8 Å². The van der Waals surface area contributed by atoms with Gasteiger partial charge in [-0.3, -0.25) is 0 Å². The summed E-state index contributed by atoms with van der Waals surface area (Å²) in [5, 5.41) is 4.50. The standard InChI is InChI=1S/C22H17F4N5O/c23-15-7-3-5-13(11-15)18-28-20(32-30-18)14-6-4-10-31(12-14)19-16-8-1-2-9-17(16)27-21(29-19)22(24,25)26/h1-3,5,7-9,11,14H,4,6,10,12H2. The molecule has 0 aliphatic carbocycles. The van der Waals surface area contributed by atoms with Crippen molar-refractivity contribution in [3.8, 4) is 11.4 Å². The normalized spacial score (nSPS) is 17.1. The van der Waals surface area contributed by atoms with E-state index in [1.165, 1.54) is 12.1 Å². The average Bonchev–Trinajstić information content (AvgIpc) is 3.28. The van der Waals surface area contributed by atoms with Gasteiger partial charge in [0, 0.05) is 24.0 Å². The minimum Gasteiger partial charge on any atom is -0.355 e. The van der Waals surface area contributed by atoms with Gasteiger partial charge in [0.25, 0.3) is 0 Å². The molecule has 2 aromatic heterocycles. The summed E-state index contributed by atoms with van der Waals surface area (Å²) in [5.41, 5.74) is 0.724. The minimum absolute atomic E-state index is 0.193. The Balaban J connectivity index is 1.47. The van der Waals surface area contributed by atoms with E-state index in [-0.39, 0.29) is 23.1 Å². The van der Waals surface area contributed by atoms with E-state index in [9.17, 15) is 17.6 Å². The van der Waals surface area contributed by atoms with Crippen LogP contribution in [0.5, 0.6) is 0 Å². The third-order valence-corrected chi connectivity index (χ3v) is 5.43. The summed E-state index contributed by atoms with van der Waals surface area (Å²) in [6.07, 6.45) is -3.21. The number of aromatic nitrogens is 4. The van der Waals surface area contributed by atoms with E-state index in [0.29, 0.717) is 36.4 Å². The van der Waals surface area contributed by atoms with Crippen molar-refractivity contribution < 1.29 is 22.1 Å². The Kier molecular flexibility index (Phi) is 4.99. The highest BCUT2D eigenvalue weighted by atomic mass is 19.4. The lowest BCUT2D eigenvalue weighted by Crippen LogP contribution is -2.35. The van der Waals surface area contributed by atoms with Crippen LogP contribution in [0.15, 0.2) is 53.1 Å². The van der Waals surface area contributed by atoms with Gasteiger partial charge in [-0.1, -0.05) is 29.4 Å². The first-order valence-corrected chi connectivity index (χ1v) is 10.1. The van der Waals surface area contributed by atoms with Crippen molar-refractivity contribution in [1.29, 1.82) is 0 Å². The number of halogens is 4. The monoisotopic (exact) mass is 443 g/mol. The van der Waals surface area contributed by atoms with Crippen LogP contribution >= 0.6 is 0 Å². The summed E-state index contributed by atoms with van der Waals surface area (Å²) in [5.74, 6) is -0.903. The summed E-state index contributed by atoms with van der Waals surface area (Å²) >= 11 is 0. The van der Waals surface area contributed by atoms with E-state index >= 15 is 0 Å². The lowest BCUT2D eigenvalue weighted by atomic mass is 9.97. The van der Waals surface area contributed by atoms with Crippen molar-refractivity contribution in [1.82, 2.24) is 20.1 Å². The lowest BCUT2D eigenvalue weighted by molar-refractivity contribution is -0.144. The number of hydrogen-bond acceptors (Lipinski definition) is 6. The van der Waals surface area contributed by atoms with Gasteiger partial charge in [0.05, 0.1) is 11.4 Å². The summed E-state index contributed by atoms with van der Waals surface area (Å²) in [4.78, 5) is 13.8. The smallest absolute Gasteiger partial charge is 0.355 e. The van der Waals surface area contributed by atoms with Gasteiger partial charge in [-0.25, -0.2) is 14.4 Å². The fourth-order valence-corrected chi connectivity index (χ4v) is 3.94. The number of benzene rings is 2. The first-order valence-electron chi connectivity index (χ1n) is 10.1. The molecule has 0 saturated carbocycles. The molecule has 0 amide bonds. The second-order valence-electron chi connectivity index (χ2n) is 7.64. The number of fused-ring (bicyclic) bond motifs is 1. The van der Waals surface area contributed by atoms with Crippen molar-refractivity contribution in [2.24, 2.45) is 0 Å².